The molecule has 0 bridgehead atoms. The van der Waals surface area contributed by atoms with E-state index in [9.17, 15) is 13.2 Å². The minimum Gasteiger partial charge on any atom is -0.492 e. The fourth-order valence-corrected chi connectivity index (χ4v) is 4.18. The molecule has 0 saturated heterocycles. The number of hydrogen-bond acceptors (Lipinski definition) is 2. The molecule has 0 fully saturated rings. The first-order valence-corrected chi connectivity index (χ1v) is 12.0. The number of hydrogen-bond donors (Lipinski definition) is 0. The highest BCUT2D eigenvalue weighted by Gasteiger charge is 2.38. The summed E-state index contributed by atoms with van der Waals surface area (Å²) < 4.78 is 48.9. The Morgan fingerprint density at radius 2 is 1.18 bits per heavy atom. The molecule has 0 atom stereocenters. The van der Waals surface area contributed by atoms with Crippen LogP contribution in [0.2, 0.25) is 0 Å². The molecule has 3 aromatic rings. The zero-order valence-corrected chi connectivity index (χ0v) is 20.1. The highest BCUT2D eigenvalue weighted by atomic mass is 35.5. The highest BCUT2D eigenvalue weighted by molar-refractivity contribution is 6.18. The van der Waals surface area contributed by atoms with Crippen molar-refractivity contribution < 1.29 is 17.9 Å². The van der Waals surface area contributed by atoms with Gasteiger partial charge >= 0.3 is 6.18 Å². The van der Waals surface area contributed by atoms with Crippen LogP contribution in [0.25, 0.3) is 11.1 Å². The lowest BCUT2D eigenvalue weighted by atomic mass is 9.89. The van der Waals surface area contributed by atoms with Gasteiger partial charge < -0.3 is 4.74 Å². The Hall–Kier alpha value is -2.47. The monoisotopic (exact) mass is 507 g/mol. The zero-order valence-electron chi connectivity index (χ0n) is 18.6. The van der Waals surface area contributed by atoms with Gasteiger partial charge in [-0.25, -0.2) is 0 Å². The maximum absolute atomic E-state index is 14.4. The Morgan fingerprint density at radius 3 is 1.68 bits per heavy atom. The van der Waals surface area contributed by atoms with E-state index in [0.717, 1.165) is 0 Å². The lowest BCUT2D eigenvalue weighted by Gasteiger charge is -2.21. The largest absolute Gasteiger partial charge is 0.492 e. The SMILES string of the molecule is FC(F)(F)/C(=C(\c1ccccc1)c1ccc(OCCN(CCCl)CCCl)cc1)c1ccccc1. The van der Waals surface area contributed by atoms with Crippen molar-refractivity contribution in [2.24, 2.45) is 0 Å². The summed E-state index contributed by atoms with van der Waals surface area (Å²) in [4.78, 5) is 2.10. The topological polar surface area (TPSA) is 12.5 Å². The summed E-state index contributed by atoms with van der Waals surface area (Å²) in [6, 6.07) is 23.3. The van der Waals surface area contributed by atoms with Gasteiger partial charge in [0.1, 0.15) is 12.4 Å². The van der Waals surface area contributed by atoms with Crippen molar-refractivity contribution >= 4 is 34.3 Å². The van der Waals surface area contributed by atoms with Crippen molar-refractivity contribution in [2.75, 3.05) is 38.0 Å². The number of allylic oxidation sites excluding steroid dienone is 1. The molecule has 0 heterocycles. The van der Waals surface area contributed by atoms with Gasteiger partial charge in [-0.1, -0.05) is 72.8 Å². The smallest absolute Gasteiger partial charge is 0.417 e. The summed E-state index contributed by atoms with van der Waals surface area (Å²) in [7, 11) is 0. The maximum Gasteiger partial charge on any atom is 0.417 e. The zero-order chi connectivity index (χ0) is 24.4. The van der Waals surface area contributed by atoms with Crippen molar-refractivity contribution in [3.05, 3.63) is 102 Å². The predicted molar refractivity (Wildman–Crippen MR) is 135 cm³/mol. The molecule has 0 spiro atoms. The first-order valence-electron chi connectivity index (χ1n) is 10.9. The van der Waals surface area contributed by atoms with Crippen LogP contribution in [0.15, 0.2) is 84.9 Å². The molecule has 0 aliphatic carbocycles. The first kappa shape index (κ1) is 26.1. The molecule has 3 aromatic carbocycles. The Kier molecular flexibility index (Phi) is 9.87. The molecule has 0 aliphatic rings. The number of ether oxygens (including phenoxy) is 1. The van der Waals surface area contributed by atoms with E-state index in [-0.39, 0.29) is 11.1 Å². The van der Waals surface area contributed by atoms with E-state index in [1.807, 2.05) is 0 Å². The van der Waals surface area contributed by atoms with Gasteiger partial charge in [-0.2, -0.15) is 13.2 Å². The molecule has 0 aliphatic heterocycles. The third kappa shape index (κ3) is 7.26. The van der Waals surface area contributed by atoms with Crippen LogP contribution in [0.4, 0.5) is 13.2 Å². The second-order valence-electron chi connectivity index (χ2n) is 7.57. The molecule has 7 heteroatoms. The van der Waals surface area contributed by atoms with Crippen molar-refractivity contribution in [1.82, 2.24) is 4.90 Å². The summed E-state index contributed by atoms with van der Waals surface area (Å²) in [6.07, 6.45) is -4.55. The van der Waals surface area contributed by atoms with Crippen LogP contribution >= 0.6 is 23.2 Å². The van der Waals surface area contributed by atoms with Gasteiger partial charge in [-0.05, 0) is 28.8 Å². The molecule has 0 amide bonds. The number of alkyl halides is 5. The first-order chi connectivity index (χ1) is 16.4. The van der Waals surface area contributed by atoms with E-state index in [0.29, 0.717) is 54.9 Å². The minimum atomic E-state index is -4.55. The van der Waals surface area contributed by atoms with Crippen LogP contribution in [0.3, 0.4) is 0 Å². The van der Waals surface area contributed by atoms with Gasteiger partial charge in [0, 0.05) is 37.0 Å². The lowest BCUT2D eigenvalue weighted by molar-refractivity contribution is -0.0685. The van der Waals surface area contributed by atoms with Crippen molar-refractivity contribution in [3.8, 4) is 5.75 Å². The van der Waals surface area contributed by atoms with Gasteiger partial charge in [-0.15, -0.1) is 23.2 Å². The van der Waals surface area contributed by atoms with Crippen molar-refractivity contribution in [3.63, 3.8) is 0 Å². The molecule has 0 radical (unpaired) electrons. The van der Waals surface area contributed by atoms with E-state index >= 15 is 0 Å². The number of benzene rings is 3. The number of rotatable bonds is 11. The average molecular weight is 508 g/mol. The summed E-state index contributed by atoms with van der Waals surface area (Å²) in [5.41, 5.74) is 0.519. The van der Waals surface area contributed by atoms with Gasteiger partial charge in [0.2, 0.25) is 0 Å². The standard InChI is InChI=1S/C27H26Cl2F3NO/c28-15-17-33(18-16-29)19-20-34-24-13-11-22(12-14-24)25(21-7-3-1-4-8-21)26(27(30,31)32)23-9-5-2-6-10-23/h1-14H,15-20H2/b26-25+. The van der Waals surface area contributed by atoms with Crippen molar-refractivity contribution in [2.45, 2.75) is 6.18 Å². The molecule has 3 rings (SSSR count). The van der Waals surface area contributed by atoms with E-state index in [1.165, 1.54) is 12.1 Å². The molecule has 180 valence electrons. The highest BCUT2D eigenvalue weighted by Crippen LogP contribution is 2.42. The molecule has 0 N–H and O–H groups in total. The van der Waals surface area contributed by atoms with Gasteiger partial charge in [0.05, 0.1) is 5.57 Å². The predicted octanol–water partition coefficient (Wildman–Crippen LogP) is 7.37. The fraction of sp³-hybridized carbons (Fsp3) is 0.259. The van der Waals surface area contributed by atoms with Crippen LogP contribution in [0.1, 0.15) is 16.7 Å². The average Bonchev–Trinajstić information content (AvgIpc) is 2.83. The van der Waals surface area contributed by atoms with Crippen LogP contribution in [-0.4, -0.2) is 49.1 Å². The second kappa shape index (κ2) is 12.8. The second-order valence-corrected chi connectivity index (χ2v) is 8.33. The quantitative estimate of drug-likeness (QED) is 0.198. The van der Waals surface area contributed by atoms with E-state index in [4.69, 9.17) is 27.9 Å². The molecule has 0 aromatic heterocycles. The van der Waals surface area contributed by atoms with E-state index in [1.54, 1.807) is 72.8 Å². The van der Waals surface area contributed by atoms with E-state index < -0.39 is 11.7 Å². The van der Waals surface area contributed by atoms with Gasteiger partial charge in [-0.3, -0.25) is 4.90 Å². The summed E-state index contributed by atoms with van der Waals surface area (Å²) in [5.74, 6) is 1.59. The normalized spacial score (nSPS) is 12.5. The Morgan fingerprint density at radius 1 is 0.676 bits per heavy atom. The Labute approximate surface area is 208 Å². The number of nitrogens with zero attached hydrogens (tertiary/aromatic N) is 1. The number of halogens is 5. The summed E-state index contributed by atoms with van der Waals surface area (Å²) in [5, 5.41) is 0. The van der Waals surface area contributed by atoms with Crippen LogP contribution in [-0.2, 0) is 0 Å². The molecular weight excluding hydrogens is 482 g/mol. The molecule has 34 heavy (non-hydrogen) atoms. The fourth-order valence-electron chi connectivity index (χ4n) is 3.70. The third-order valence-electron chi connectivity index (χ3n) is 5.28. The molecule has 0 saturated carbocycles. The van der Waals surface area contributed by atoms with Crippen LogP contribution < -0.4 is 4.74 Å². The maximum atomic E-state index is 14.4. The molecular formula is C27H26Cl2F3NO. The van der Waals surface area contributed by atoms with Crippen molar-refractivity contribution in [1.29, 1.82) is 0 Å². The summed E-state index contributed by atoms with van der Waals surface area (Å²) >= 11 is 11.6. The van der Waals surface area contributed by atoms with Crippen LogP contribution in [0.5, 0.6) is 5.75 Å². The third-order valence-corrected chi connectivity index (χ3v) is 5.62. The molecule has 2 nitrogen and oxygen atoms in total. The Balaban J connectivity index is 1.93. The van der Waals surface area contributed by atoms with Crippen LogP contribution in [0, 0.1) is 0 Å². The Bertz CT molecular complexity index is 1030. The summed E-state index contributed by atoms with van der Waals surface area (Å²) in [6.45, 7) is 2.50. The van der Waals surface area contributed by atoms with Gasteiger partial charge in [0.25, 0.3) is 0 Å². The lowest BCUT2D eigenvalue weighted by Crippen LogP contribution is -2.32. The van der Waals surface area contributed by atoms with E-state index in [2.05, 4.69) is 4.90 Å². The molecule has 0 unspecified atom stereocenters. The minimum absolute atomic E-state index is 0.118. The van der Waals surface area contributed by atoms with Gasteiger partial charge in [0.15, 0.2) is 0 Å².